The van der Waals surface area contributed by atoms with Gasteiger partial charge in [0.15, 0.2) is 0 Å². The van der Waals surface area contributed by atoms with Crippen LogP contribution in [0.25, 0.3) is 215 Å². The third kappa shape index (κ3) is 3.71. The minimum absolute atomic E-state index is 0.182. The van der Waals surface area contributed by atoms with Crippen LogP contribution in [-0.4, -0.2) is 60.3 Å². The number of benzene rings is 20. The van der Waals surface area contributed by atoms with Crippen molar-refractivity contribution in [2.75, 3.05) is 0 Å². The van der Waals surface area contributed by atoms with E-state index in [0.29, 0.717) is 27.8 Å². The number of carbonyl (C=O) groups is 5. The molecule has 37 rings (SSSR count). The molecular weight excluding hydrogens is 1400 g/mol. The number of alkyl halides is 1. The summed E-state index contributed by atoms with van der Waals surface area (Å²) in [7, 11) is 0. The van der Waals surface area contributed by atoms with E-state index in [0.717, 1.165) is 50.1 Å². The highest BCUT2D eigenvalue weighted by atomic mass is 35.5. The lowest BCUT2D eigenvalue weighted by Crippen LogP contribution is -2.65. The molecule has 0 saturated heterocycles. The number of hydrogen-bond acceptors (Lipinski definition) is 5. The highest BCUT2D eigenvalue weighted by Gasteiger charge is 2.87. The summed E-state index contributed by atoms with van der Waals surface area (Å²) >= 11 is 11.1. The van der Waals surface area contributed by atoms with Gasteiger partial charge in [-0.15, -0.1) is 11.6 Å². The molecule has 4 atom stereocenters. The van der Waals surface area contributed by atoms with Crippen LogP contribution in [0.4, 0.5) is 0 Å². The average molecular weight is 1430 g/mol. The number of hydrogen-bond donors (Lipinski definition) is 5. The number of carboxylic acids is 5. The van der Waals surface area contributed by atoms with Crippen molar-refractivity contribution in [1.82, 2.24) is 0 Å². The van der Waals surface area contributed by atoms with E-state index in [1.54, 1.807) is 0 Å². The van der Waals surface area contributed by atoms with Crippen molar-refractivity contribution in [1.29, 1.82) is 0 Å². The molecule has 11 aliphatic carbocycles. The van der Waals surface area contributed by atoms with Crippen molar-refractivity contribution in [2.24, 2.45) is 0 Å². The second-order valence-electron chi connectivity index (χ2n) is 36.0. The zero-order chi connectivity index (χ0) is 71.5. The third-order valence-corrected chi connectivity index (χ3v) is 34.1. The van der Waals surface area contributed by atoms with Gasteiger partial charge in [-0.05, 0) is 349 Å². The van der Waals surface area contributed by atoms with Crippen molar-refractivity contribution in [2.45, 2.75) is 64.1 Å². The molecule has 0 heterocycles. The van der Waals surface area contributed by atoms with E-state index in [1.807, 2.05) is 0 Å². The summed E-state index contributed by atoms with van der Waals surface area (Å²) in [5.74, 6) is -4.64. The van der Waals surface area contributed by atoms with Crippen LogP contribution in [0.2, 0.25) is 0 Å². The van der Waals surface area contributed by atoms with Gasteiger partial charge < -0.3 is 25.5 Å². The summed E-state index contributed by atoms with van der Waals surface area (Å²) in [6, 6.07) is 43.4. The van der Waals surface area contributed by atoms with E-state index in [1.165, 1.54) is 271 Å². The highest BCUT2D eigenvalue weighted by Crippen LogP contribution is 2.94. The first-order valence-corrected chi connectivity index (χ1v) is 39.1. The van der Waals surface area contributed by atoms with E-state index >= 15 is 0 Å². The van der Waals surface area contributed by atoms with Crippen LogP contribution < -0.4 is 0 Å². The van der Waals surface area contributed by atoms with Gasteiger partial charge >= 0.3 is 29.8 Å². The minimum Gasteiger partial charge on any atom is -0.481 e. The predicted molar refractivity (Wildman–Crippen MR) is 429 cm³/mol. The summed E-state index contributed by atoms with van der Waals surface area (Å²) in [5, 5.41) is 107. The Kier molecular flexibility index (Phi) is 6.39. The van der Waals surface area contributed by atoms with Gasteiger partial charge in [0.1, 0.15) is 4.87 Å². The molecule has 502 valence electrons. The smallest absolute Gasteiger partial charge is 0.307 e. The molecule has 0 radical (unpaired) electrons. The van der Waals surface area contributed by atoms with Gasteiger partial charge in [-0.25, -0.2) is 0 Å². The minimum atomic E-state index is -1.69. The first-order valence-electron chi connectivity index (χ1n) is 38.7. The molecule has 5 N–H and O–H groups in total. The summed E-state index contributed by atoms with van der Waals surface area (Å²) in [6.45, 7) is 0. The van der Waals surface area contributed by atoms with E-state index in [4.69, 9.17) is 0 Å². The van der Waals surface area contributed by atoms with Crippen LogP contribution in [0.3, 0.4) is 0 Å². The normalized spacial score (nSPS) is 24.4. The Morgan fingerprint density at radius 3 is 0.559 bits per heavy atom. The fraction of sp³-hybridized carbons (Fsp3) is 0.110. The second kappa shape index (κ2) is 13.7. The summed E-state index contributed by atoms with van der Waals surface area (Å²) in [4.78, 5) is 64.3. The molecule has 0 aliphatic heterocycles. The number of carboxylic acid groups (broad SMARTS) is 5. The highest BCUT2D eigenvalue weighted by molar-refractivity contribution is 6.77. The molecule has 111 heavy (non-hydrogen) atoms. The quantitative estimate of drug-likeness (QED) is 0.0488. The zero-order valence-electron chi connectivity index (χ0n) is 57.2. The maximum absolute atomic E-state index is 13.2. The Balaban J connectivity index is 0.946. The monoisotopic (exact) mass is 1430 g/mol. The van der Waals surface area contributed by atoms with Gasteiger partial charge in [-0.2, -0.15) is 0 Å². The fourth-order valence-corrected chi connectivity index (χ4v) is 32.9. The van der Waals surface area contributed by atoms with Crippen molar-refractivity contribution >= 4 is 257 Å². The molecule has 26 aromatic rings. The maximum atomic E-state index is 13.2. The standard InChI is InChI=1S/C100H35ClO10/c101-100-93-91-92-94(100)98(34-17-7-29(8-18-34)24-39(108)109)86-76-66-56-48-43-41-42-44-45(43)50-58(56)68-70-60(50)59-49(44)57-55-47(42)53-51-46(41)52-54(48)64(66)74-72-62(52)61(51)71-73-63(53)65(55)75-77-67(57)69(59)79-80(70)90(88(98)78(68)76)99(100,35-19-9-30(10-20-35)25-40(110)111)89(79)87(77)97(93,33-15-5-28(6-16-33)23-38(106)107)85(75)83(73)95(91,31-11-1-26(2-12-31)21-36(102)103)81(71)82(72)96(92,84(74)86)32-13-3-27(4-14-32)22-37(104)105/h1-20H,21-25H2,(H,102,103)(H,104,105)(H,106,107)(H,108,109)(H,110,111). The molecule has 11 aliphatic rings. The second-order valence-corrected chi connectivity index (χ2v) is 36.6. The summed E-state index contributed by atoms with van der Waals surface area (Å²) < 4.78 is 0. The van der Waals surface area contributed by atoms with Crippen molar-refractivity contribution < 1.29 is 49.5 Å². The third-order valence-electron chi connectivity index (χ3n) is 33.4. The number of halogens is 1. The Bertz CT molecular complexity index is 9040. The van der Waals surface area contributed by atoms with Crippen molar-refractivity contribution in [3.63, 3.8) is 0 Å². The molecule has 0 spiro atoms. The zero-order valence-corrected chi connectivity index (χ0v) is 58.0. The largest absolute Gasteiger partial charge is 0.481 e. The average Bonchev–Trinajstić information content (AvgIpc) is 1.37. The fourth-order valence-electron chi connectivity index (χ4n) is 32.2. The summed E-state index contributed by atoms with van der Waals surface area (Å²) in [5.41, 5.74) is 18.6. The van der Waals surface area contributed by atoms with E-state index in [-0.39, 0.29) is 32.1 Å². The van der Waals surface area contributed by atoms with E-state index in [2.05, 4.69) is 121 Å². The van der Waals surface area contributed by atoms with Crippen LogP contribution in [-0.2, 0) is 83.2 Å². The molecule has 0 aromatic heterocycles. The van der Waals surface area contributed by atoms with Gasteiger partial charge in [-0.3, -0.25) is 24.0 Å². The molecule has 11 heteroatoms. The lowest BCUT2D eigenvalue weighted by atomic mass is 9.39. The lowest BCUT2D eigenvalue weighted by Gasteiger charge is -2.64. The molecular formula is C100H35ClO10. The number of allylic oxidation sites excluding steroid dienone is 4. The van der Waals surface area contributed by atoms with E-state index < -0.39 is 61.8 Å². The van der Waals surface area contributed by atoms with Crippen LogP contribution in [0.15, 0.2) is 144 Å². The van der Waals surface area contributed by atoms with Crippen molar-refractivity contribution in [3.05, 3.63) is 255 Å². The Morgan fingerprint density at radius 2 is 0.360 bits per heavy atom. The molecule has 0 bridgehead atoms. The summed E-state index contributed by atoms with van der Waals surface area (Å²) in [6.07, 6.45) is -0.929. The lowest BCUT2D eigenvalue weighted by molar-refractivity contribution is -0.137. The molecule has 0 fully saturated rings. The Morgan fingerprint density at radius 1 is 0.207 bits per heavy atom. The van der Waals surface area contributed by atoms with Crippen LogP contribution >= 0.6 is 11.6 Å². The first-order chi connectivity index (χ1) is 54.2. The van der Waals surface area contributed by atoms with E-state index in [9.17, 15) is 61.1 Å². The predicted octanol–water partition coefficient (Wildman–Crippen LogP) is 19.6. The molecule has 0 amide bonds. The van der Waals surface area contributed by atoms with Gasteiger partial charge in [-0.1, -0.05) is 121 Å². The molecule has 26 aromatic carbocycles. The molecule has 0 saturated carbocycles. The van der Waals surface area contributed by atoms with Gasteiger partial charge in [0.05, 0.1) is 59.2 Å². The van der Waals surface area contributed by atoms with Gasteiger partial charge in [0.25, 0.3) is 0 Å². The van der Waals surface area contributed by atoms with Crippen molar-refractivity contribution in [3.8, 4) is 0 Å². The van der Waals surface area contributed by atoms with Crippen LogP contribution in [0, 0.1) is 0 Å². The number of aliphatic carboxylic acids is 5. The van der Waals surface area contributed by atoms with Gasteiger partial charge in [0, 0.05) is 0 Å². The molecule has 4 unspecified atom stereocenters. The van der Waals surface area contributed by atoms with Crippen LogP contribution in [0.5, 0.6) is 0 Å². The number of rotatable bonds is 15. The molecule has 10 nitrogen and oxygen atoms in total. The maximum Gasteiger partial charge on any atom is 0.307 e. The topological polar surface area (TPSA) is 186 Å². The van der Waals surface area contributed by atoms with Gasteiger partial charge in [0.2, 0.25) is 0 Å². The SMILES string of the molecule is O=C(O)Cc1ccc(C23C4=C5C6(c7ccc(CC(=O)O)cc7)c7c2c2c8c3c3c9c%10c%11c%12c%13c%14c%15c%16c%17c%18c(c6c6c7c7c2c2c%19c8c9c8c9c%10c%13c%10c%13c%14c%17c%14c%17c%18c6c6c7c2c2c(c%198)c(c9%10)c(c%13%14)c2c6%17)C%16(c2ccc(CC(=O)O)cc2)C5(Cl)C(=C4C3%11c2ccc(CC(=O)O)cc2)C%12%15c2ccc(CC(=O)O)cc2)cc1. The van der Waals surface area contributed by atoms with Crippen LogP contribution in [0.1, 0.15) is 111 Å². The first kappa shape index (κ1) is 51.9. The Labute approximate surface area is 621 Å². The Hall–Kier alpha value is -13.3.